The molecule has 0 radical (unpaired) electrons. The van der Waals surface area contributed by atoms with Gasteiger partial charge in [0.1, 0.15) is 5.82 Å². The lowest BCUT2D eigenvalue weighted by Crippen LogP contribution is -2.43. The molecule has 2 aliphatic rings. The Kier molecular flexibility index (Phi) is 3.52. The zero-order valence-corrected chi connectivity index (χ0v) is 14.0. The molecule has 2 heterocycles. The van der Waals surface area contributed by atoms with Crippen LogP contribution >= 0.6 is 0 Å². The Labute approximate surface area is 142 Å². The summed E-state index contributed by atoms with van der Waals surface area (Å²) >= 11 is 0. The van der Waals surface area contributed by atoms with E-state index in [4.69, 9.17) is 0 Å². The summed E-state index contributed by atoms with van der Waals surface area (Å²) in [6, 6.07) is 15.2. The zero-order chi connectivity index (χ0) is 16.7. The minimum atomic E-state index is -0.171. The number of imidazole rings is 1. The van der Waals surface area contributed by atoms with E-state index in [2.05, 4.69) is 40.7 Å². The molecule has 1 spiro atoms. The number of hydrogen-bond acceptors (Lipinski definition) is 1. The van der Waals surface area contributed by atoms with Crippen molar-refractivity contribution in [1.29, 1.82) is 0 Å². The SMILES string of the molecule is CC1CC2(C1)c1ccccc1-c1cncn12.Cc1ccc(F)cc1. The Morgan fingerprint density at radius 2 is 1.79 bits per heavy atom. The van der Waals surface area contributed by atoms with Crippen molar-refractivity contribution in [1.82, 2.24) is 9.55 Å². The molecule has 3 aromatic rings. The maximum atomic E-state index is 12.1. The van der Waals surface area contributed by atoms with E-state index in [0.29, 0.717) is 0 Å². The number of aromatic nitrogens is 2. The fourth-order valence-corrected chi connectivity index (χ4v) is 4.12. The van der Waals surface area contributed by atoms with Crippen molar-refractivity contribution >= 4 is 0 Å². The lowest BCUT2D eigenvalue weighted by molar-refractivity contribution is 0.130. The summed E-state index contributed by atoms with van der Waals surface area (Å²) in [4.78, 5) is 4.31. The molecule has 0 unspecified atom stereocenters. The van der Waals surface area contributed by atoms with Gasteiger partial charge in [-0.15, -0.1) is 0 Å². The molecule has 122 valence electrons. The first-order valence-electron chi connectivity index (χ1n) is 8.45. The summed E-state index contributed by atoms with van der Waals surface area (Å²) in [5, 5.41) is 0. The molecule has 3 heteroatoms. The lowest BCUT2D eigenvalue weighted by atomic mass is 9.66. The van der Waals surface area contributed by atoms with Crippen LogP contribution < -0.4 is 0 Å². The Balaban J connectivity index is 0.000000155. The molecule has 0 saturated heterocycles. The number of aryl methyl sites for hydroxylation is 1. The molecule has 1 aliphatic carbocycles. The highest BCUT2D eigenvalue weighted by atomic mass is 19.1. The lowest BCUT2D eigenvalue weighted by Gasteiger charge is -2.45. The molecule has 1 aromatic heterocycles. The molecule has 2 nitrogen and oxygen atoms in total. The van der Waals surface area contributed by atoms with Crippen LogP contribution in [0.3, 0.4) is 0 Å². The van der Waals surface area contributed by atoms with Gasteiger partial charge in [-0.2, -0.15) is 0 Å². The van der Waals surface area contributed by atoms with Gasteiger partial charge >= 0.3 is 0 Å². The van der Waals surface area contributed by atoms with Crippen molar-refractivity contribution in [3.05, 3.63) is 78.0 Å². The van der Waals surface area contributed by atoms with E-state index in [1.165, 1.54) is 41.8 Å². The topological polar surface area (TPSA) is 17.8 Å². The van der Waals surface area contributed by atoms with Gasteiger partial charge in [-0.3, -0.25) is 0 Å². The molecule has 0 bridgehead atoms. The van der Waals surface area contributed by atoms with Gasteiger partial charge in [-0.05, 0) is 43.4 Å². The first-order chi connectivity index (χ1) is 11.6. The molecule has 0 atom stereocenters. The molecule has 1 aliphatic heterocycles. The molecule has 0 amide bonds. The number of rotatable bonds is 0. The van der Waals surface area contributed by atoms with Crippen molar-refractivity contribution in [2.24, 2.45) is 5.92 Å². The van der Waals surface area contributed by atoms with E-state index < -0.39 is 0 Å². The fourth-order valence-electron chi connectivity index (χ4n) is 4.12. The van der Waals surface area contributed by atoms with E-state index in [1.807, 2.05) is 19.4 Å². The number of benzene rings is 2. The summed E-state index contributed by atoms with van der Waals surface area (Å²) in [5.41, 5.74) is 5.51. The van der Waals surface area contributed by atoms with Crippen LogP contribution in [0, 0.1) is 18.7 Å². The normalized spacial score (nSPS) is 23.0. The van der Waals surface area contributed by atoms with Crippen molar-refractivity contribution < 1.29 is 4.39 Å². The average Bonchev–Trinajstić information content (AvgIpc) is 3.13. The second kappa shape index (κ2) is 5.59. The van der Waals surface area contributed by atoms with Crippen LogP contribution in [0.2, 0.25) is 0 Å². The minimum absolute atomic E-state index is 0.171. The van der Waals surface area contributed by atoms with Crippen molar-refractivity contribution in [2.45, 2.75) is 32.2 Å². The molecule has 24 heavy (non-hydrogen) atoms. The second-order valence-corrected chi connectivity index (χ2v) is 7.04. The van der Waals surface area contributed by atoms with Gasteiger partial charge in [0.2, 0.25) is 0 Å². The number of fused-ring (bicyclic) bond motifs is 5. The Morgan fingerprint density at radius 3 is 2.46 bits per heavy atom. The quantitative estimate of drug-likeness (QED) is 0.558. The largest absolute Gasteiger partial charge is 0.320 e. The van der Waals surface area contributed by atoms with Crippen LogP contribution in [0.25, 0.3) is 11.3 Å². The maximum absolute atomic E-state index is 12.1. The number of hydrogen-bond donors (Lipinski definition) is 0. The smallest absolute Gasteiger partial charge is 0.123 e. The third-order valence-corrected chi connectivity index (χ3v) is 5.19. The van der Waals surface area contributed by atoms with Crippen LogP contribution in [0.1, 0.15) is 30.9 Å². The maximum Gasteiger partial charge on any atom is 0.123 e. The van der Waals surface area contributed by atoms with Gasteiger partial charge < -0.3 is 4.57 Å². The van der Waals surface area contributed by atoms with Gasteiger partial charge in [0.15, 0.2) is 0 Å². The van der Waals surface area contributed by atoms with E-state index in [-0.39, 0.29) is 11.4 Å². The monoisotopic (exact) mass is 320 g/mol. The van der Waals surface area contributed by atoms with Gasteiger partial charge in [-0.1, -0.05) is 48.9 Å². The third kappa shape index (κ3) is 2.27. The summed E-state index contributed by atoms with van der Waals surface area (Å²) in [5.74, 6) is 0.664. The Morgan fingerprint density at radius 1 is 1.08 bits per heavy atom. The van der Waals surface area contributed by atoms with Crippen LogP contribution in [-0.4, -0.2) is 9.55 Å². The first kappa shape index (κ1) is 15.1. The summed E-state index contributed by atoms with van der Waals surface area (Å²) < 4.78 is 14.5. The number of halogens is 1. The summed E-state index contributed by atoms with van der Waals surface area (Å²) in [7, 11) is 0. The third-order valence-electron chi connectivity index (χ3n) is 5.19. The van der Waals surface area contributed by atoms with Crippen molar-refractivity contribution in [3.63, 3.8) is 0 Å². The molecular weight excluding hydrogens is 299 g/mol. The molecule has 1 fully saturated rings. The van der Waals surface area contributed by atoms with Gasteiger partial charge in [-0.25, -0.2) is 9.37 Å². The molecule has 0 N–H and O–H groups in total. The van der Waals surface area contributed by atoms with Crippen LogP contribution in [-0.2, 0) is 5.54 Å². The number of nitrogens with zero attached hydrogens (tertiary/aromatic N) is 2. The average molecular weight is 320 g/mol. The van der Waals surface area contributed by atoms with E-state index in [0.717, 1.165) is 11.5 Å². The van der Waals surface area contributed by atoms with Crippen LogP contribution in [0.5, 0.6) is 0 Å². The standard InChI is InChI=1S/C14H14N2.C7H7F/c1-10-6-14(7-10)12-5-3-2-4-11(12)13-8-15-9-16(13)14;1-6-2-4-7(8)5-3-6/h2-5,8-10H,6-7H2,1H3;2-5H,1H3. The fraction of sp³-hybridized carbons (Fsp3) is 0.286. The summed E-state index contributed by atoms with van der Waals surface area (Å²) in [6.45, 7) is 4.27. The molecule has 1 saturated carbocycles. The van der Waals surface area contributed by atoms with E-state index >= 15 is 0 Å². The highest BCUT2D eigenvalue weighted by Gasteiger charge is 2.50. The highest BCUT2D eigenvalue weighted by molar-refractivity contribution is 5.71. The van der Waals surface area contributed by atoms with Crippen LogP contribution in [0.15, 0.2) is 61.1 Å². The molecule has 2 aromatic carbocycles. The Bertz CT molecular complexity index is 837. The van der Waals surface area contributed by atoms with E-state index in [1.54, 1.807) is 12.1 Å². The minimum Gasteiger partial charge on any atom is -0.320 e. The Hall–Kier alpha value is -2.42. The molecular formula is C21H21FN2. The van der Waals surface area contributed by atoms with Gasteiger partial charge in [0.05, 0.1) is 23.8 Å². The first-order valence-corrected chi connectivity index (χ1v) is 8.45. The molecule has 5 rings (SSSR count). The van der Waals surface area contributed by atoms with Crippen molar-refractivity contribution in [3.8, 4) is 11.3 Å². The zero-order valence-electron chi connectivity index (χ0n) is 14.0. The van der Waals surface area contributed by atoms with Crippen molar-refractivity contribution in [2.75, 3.05) is 0 Å². The van der Waals surface area contributed by atoms with Gasteiger partial charge in [0.25, 0.3) is 0 Å². The highest BCUT2D eigenvalue weighted by Crippen LogP contribution is 2.56. The predicted molar refractivity (Wildman–Crippen MR) is 94.3 cm³/mol. The second-order valence-electron chi connectivity index (χ2n) is 7.04. The van der Waals surface area contributed by atoms with E-state index in [9.17, 15) is 4.39 Å². The predicted octanol–water partition coefficient (Wildman–Crippen LogP) is 5.17. The van der Waals surface area contributed by atoms with Gasteiger partial charge in [0, 0.05) is 5.56 Å². The summed E-state index contributed by atoms with van der Waals surface area (Å²) in [6.07, 6.45) is 6.51. The van der Waals surface area contributed by atoms with Crippen LogP contribution in [0.4, 0.5) is 4.39 Å².